The van der Waals surface area contributed by atoms with Crippen molar-refractivity contribution in [1.82, 2.24) is 24.8 Å². The fraction of sp³-hybridized carbons (Fsp3) is 0.480. The van der Waals surface area contributed by atoms with E-state index in [1.807, 2.05) is 25.2 Å². The van der Waals surface area contributed by atoms with Crippen LogP contribution in [0.25, 0.3) is 11.2 Å². The molecule has 4 heterocycles. The highest BCUT2D eigenvalue weighted by Crippen LogP contribution is 2.45. The smallest absolute Gasteiger partial charge is 0.287 e. The number of ether oxygens (including phenoxy) is 1. The monoisotopic (exact) mass is 475 g/mol. The van der Waals surface area contributed by atoms with Gasteiger partial charge in [-0.3, -0.25) is 9.59 Å². The van der Waals surface area contributed by atoms with Gasteiger partial charge in [0, 0.05) is 26.7 Å². The zero-order valence-corrected chi connectivity index (χ0v) is 20.0. The van der Waals surface area contributed by atoms with Gasteiger partial charge in [-0.15, -0.1) is 0 Å². The Labute approximate surface area is 203 Å². The molecule has 3 aliphatic rings. The van der Waals surface area contributed by atoms with E-state index in [0.29, 0.717) is 35.2 Å². The molecule has 2 aromatic heterocycles. The molecule has 2 fully saturated rings. The van der Waals surface area contributed by atoms with E-state index >= 15 is 0 Å². The van der Waals surface area contributed by atoms with E-state index in [1.165, 1.54) is 19.2 Å². The summed E-state index contributed by atoms with van der Waals surface area (Å²) in [6.45, 7) is 2.19. The molecule has 35 heavy (non-hydrogen) atoms. The number of benzene rings is 1. The molecule has 2 amide bonds. The summed E-state index contributed by atoms with van der Waals surface area (Å²) in [5.74, 6) is 2.30. The average Bonchev–Trinajstić information content (AvgIpc) is 3.56. The fourth-order valence-corrected chi connectivity index (χ4v) is 5.43. The molecule has 1 atom stereocenters. The molecular formula is C25H29N7O3. The quantitative estimate of drug-likeness (QED) is 0.563. The Bertz CT molecular complexity index is 1310. The molecule has 1 saturated carbocycles. The van der Waals surface area contributed by atoms with Crippen LogP contribution in [0.15, 0.2) is 24.5 Å². The van der Waals surface area contributed by atoms with Gasteiger partial charge in [-0.2, -0.15) is 0 Å². The van der Waals surface area contributed by atoms with Crippen molar-refractivity contribution in [2.75, 3.05) is 37.0 Å². The highest BCUT2D eigenvalue weighted by Gasteiger charge is 2.40. The first-order valence-corrected chi connectivity index (χ1v) is 12.2. The predicted molar refractivity (Wildman–Crippen MR) is 131 cm³/mol. The molecule has 1 saturated heterocycles. The van der Waals surface area contributed by atoms with Gasteiger partial charge in [-0.25, -0.2) is 15.0 Å². The molecule has 10 nitrogen and oxygen atoms in total. The number of para-hydroxylation sites is 1. The lowest BCUT2D eigenvalue weighted by Crippen LogP contribution is -2.37. The zero-order chi connectivity index (χ0) is 24.1. The van der Waals surface area contributed by atoms with Crippen molar-refractivity contribution < 1.29 is 14.3 Å². The van der Waals surface area contributed by atoms with Gasteiger partial charge in [0.05, 0.1) is 18.7 Å². The van der Waals surface area contributed by atoms with Crippen molar-refractivity contribution in [3.05, 3.63) is 35.9 Å². The van der Waals surface area contributed by atoms with Crippen LogP contribution < -0.4 is 20.3 Å². The van der Waals surface area contributed by atoms with Crippen molar-refractivity contribution in [3.63, 3.8) is 0 Å². The Morgan fingerprint density at radius 2 is 2.00 bits per heavy atom. The number of nitrogens with one attached hydrogen (secondary N) is 2. The first-order chi connectivity index (χ1) is 17.0. The van der Waals surface area contributed by atoms with Crippen LogP contribution in [-0.2, 0) is 11.8 Å². The molecule has 1 aromatic carbocycles. The van der Waals surface area contributed by atoms with Crippen molar-refractivity contribution in [1.29, 1.82) is 0 Å². The molecule has 2 N–H and O–H groups in total. The van der Waals surface area contributed by atoms with Crippen LogP contribution in [0.1, 0.15) is 47.8 Å². The number of carbonyl (C=O) groups is 2. The normalized spacial score (nSPS) is 20.1. The van der Waals surface area contributed by atoms with Crippen molar-refractivity contribution in [2.45, 2.75) is 31.6 Å². The number of methoxy groups -OCH3 is 1. The second-order valence-electron chi connectivity index (χ2n) is 9.73. The van der Waals surface area contributed by atoms with E-state index in [2.05, 4.69) is 30.5 Å². The molecule has 0 radical (unpaired) electrons. The average molecular weight is 476 g/mol. The minimum atomic E-state index is -0.177. The Kier molecular flexibility index (Phi) is 5.31. The van der Waals surface area contributed by atoms with Crippen LogP contribution >= 0.6 is 0 Å². The Hall–Kier alpha value is -3.69. The minimum absolute atomic E-state index is 0.0407. The molecule has 182 valence electrons. The van der Waals surface area contributed by atoms with Crippen LogP contribution in [-0.4, -0.2) is 58.1 Å². The molecule has 1 unspecified atom stereocenters. The summed E-state index contributed by atoms with van der Waals surface area (Å²) >= 11 is 0. The van der Waals surface area contributed by atoms with E-state index in [-0.39, 0.29) is 23.7 Å². The largest absolute Gasteiger partial charge is 0.495 e. The van der Waals surface area contributed by atoms with Crippen LogP contribution in [0.4, 0.5) is 11.5 Å². The number of piperidine rings is 1. The summed E-state index contributed by atoms with van der Waals surface area (Å²) in [4.78, 5) is 41.4. The maximum absolute atomic E-state index is 12.9. The second-order valence-corrected chi connectivity index (χ2v) is 9.73. The van der Waals surface area contributed by atoms with E-state index < -0.39 is 0 Å². The number of aryl methyl sites for hydroxylation is 1. The van der Waals surface area contributed by atoms with Crippen molar-refractivity contribution >= 4 is 34.5 Å². The molecule has 1 aliphatic carbocycles. The molecular weight excluding hydrogens is 446 g/mol. The number of carbonyl (C=O) groups excluding carboxylic acids is 2. The third kappa shape index (κ3) is 3.77. The van der Waals surface area contributed by atoms with Crippen LogP contribution in [0.2, 0.25) is 0 Å². The lowest BCUT2D eigenvalue weighted by atomic mass is 9.80. The summed E-state index contributed by atoms with van der Waals surface area (Å²) in [6.07, 6.45) is 5.58. The fourth-order valence-electron chi connectivity index (χ4n) is 5.43. The third-order valence-electron chi connectivity index (χ3n) is 7.54. The number of anilines is 2. The Balaban J connectivity index is 1.21. The van der Waals surface area contributed by atoms with Crippen LogP contribution in [0, 0.1) is 11.8 Å². The van der Waals surface area contributed by atoms with Crippen LogP contribution in [0.3, 0.4) is 0 Å². The molecule has 0 bridgehead atoms. The SMILES string of the molecule is COc1cccc2c1NC(=O)C2C1CCN(c2ncnc3c2nc(C(=O)NCC2CC2)n3C)CC1. The standard InChI is InChI=1S/C25H29N7O3/c1-31-21-20(29-23(31)25(34)26-12-14-6-7-14)22(28-13-27-21)32-10-8-15(9-11-32)18-16-4-3-5-17(35-2)19(16)30-24(18)33/h3-5,13-15,18H,6-12H2,1-2H3,(H,26,34)(H,30,33). The number of imidazole rings is 1. The maximum atomic E-state index is 12.9. The summed E-state index contributed by atoms with van der Waals surface area (Å²) in [5, 5.41) is 6.01. The van der Waals surface area contributed by atoms with Gasteiger partial charge in [0.1, 0.15) is 12.1 Å². The van der Waals surface area contributed by atoms with Crippen molar-refractivity contribution in [2.24, 2.45) is 18.9 Å². The predicted octanol–water partition coefficient (Wildman–Crippen LogP) is 2.46. The topological polar surface area (TPSA) is 114 Å². The molecule has 10 heteroatoms. The van der Waals surface area contributed by atoms with Gasteiger partial charge in [-0.05, 0) is 49.1 Å². The maximum Gasteiger partial charge on any atom is 0.287 e. The summed E-state index contributed by atoms with van der Waals surface area (Å²) in [6, 6.07) is 5.83. The number of aromatic nitrogens is 4. The summed E-state index contributed by atoms with van der Waals surface area (Å²) < 4.78 is 7.18. The number of hydrogen-bond acceptors (Lipinski definition) is 7. The molecule has 2 aliphatic heterocycles. The zero-order valence-electron chi connectivity index (χ0n) is 20.0. The lowest BCUT2D eigenvalue weighted by molar-refractivity contribution is -0.118. The number of rotatable bonds is 6. The summed E-state index contributed by atoms with van der Waals surface area (Å²) in [5.41, 5.74) is 3.10. The lowest BCUT2D eigenvalue weighted by Gasteiger charge is -2.34. The first kappa shape index (κ1) is 21.8. The second kappa shape index (κ2) is 8.51. The van der Waals surface area contributed by atoms with E-state index in [1.54, 1.807) is 11.7 Å². The molecule has 0 spiro atoms. The van der Waals surface area contributed by atoms with Crippen molar-refractivity contribution in [3.8, 4) is 5.75 Å². The van der Waals surface area contributed by atoms with E-state index in [0.717, 1.165) is 43.0 Å². The molecule has 3 aromatic rings. The van der Waals surface area contributed by atoms with E-state index in [4.69, 9.17) is 4.74 Å². The number of amides is 2. The van der Waals surface area contributed by atoms with Gasteiger partial charge in [0.15, 0.2) is 17.0 Å². The highest BCUT2D eigenvalue weighted by atomic mass is 16.5. The van der Waals surface area contributed by atoms with Crippen LogP contribution in [0.5, 0.6) is 5.75 Å². The van der Waals surface area contributed by atoms with Gasteiger partial charge in [0.2, 0.25) is 11.7 Å². The number of nitrogens with zero attached hydrogens (tertiary/aromatic N) is 5. The van der Waals surface area contributed by atoms with E-state index in [9.17, 15) is 9.59 Å². The Morgan fingerprint density at radius 1 is 1.20 bits per heavy atom. The van der Waals surface area contributed by atoms with Gasteiger partial charge in [-0.1, -0.05) is 12.1 Å². The van der Waals surface area contributed by atoms with Gasteiger partial charge in [0.25, 0.3) is 5.91 Å². The minimum Gasteiger partial charge on any atom is -0.495 e. The highest BCUT2D eigenvalue weighted by molar-refractivity contribution is 6.04. The van der Waals surface area contributed by atoms with Gasteiger partial charge >= 0.3 is 0 Å². The number of hydrogen-bond donors (Lipinski definition) is 2. The third-order valence-corrected chi connectivity index (χ3v) is 7.54. The Morgan fingerprint density at radius 3 is 2.74 bits per heavy atom. The van der Waals surface area contributed by atoms with Gasteiger partial charge < -0.3 is 24.8 Å². The summed E-state index contributed by atoms with van der Waals surface area (Å²) in [7, 11) is 3.44. The number of fused-ring (bicyclic) bond motifs is 2. The first-order valence-electron chi connectivity index (χ1n) is 12.2. The molecule has 6 rings (SSSR count).